The highest BCUT2D eigenvalue weighted by Crippen LogP contribution is 2.29. The minimum atomic E-state index is -0.902. The molecule has 1 aliphatic rings. The van der Waals surface area contributed by atoms with Crippen LogP contribution >= 0.6 is 0 Å². The van der Waals surface area contributed by atoms with Crippen LogP contribution in [-0.4, -0.2) is 20.6 Å². The van der Waals surface area contributed by atoms with Crippen molar-refractivity contribution in [3.05, 3.63) is 30.1 Å². The van der Waals surface area contributed by atoms with Gasteiger partial charge in [-0.2, -0.15) is 0 Å². The van der Waals surface area contributed by atoms with Gasteiger partial charge in [0.25, 0.3) is 0 Å². The highest BCUT2D eigenvalue weighted by molar-refractivity contribution is 5.92. The van der Waals surface area contributed by atoms with Crippen LogP contribution in [-0.2, 0) is 6.54 Å². The number of fused-ring (bicyclic) bond motifs is 1. The number of carboxylic acid groups (broad SMARTS) is 1. The Bertz CT molecular complexity index is 570. The molecule has 0 radical (unpaired) electrons. The Morgan fingerprint density at radius 2 is 2.29 bits per heavy atom. The topological polar surface area (TPSA) is 55.1 Å². The van der Waals surface area contributed by atoms with Crippen molar-refractivity contribution in [3.63, 3.8) is 0 Å². The lowest BCUT2D eigenvalue weighted by Gasteiger charge is -2.25. The van der Waals surface area contributed by atoms with E-state index in [4.69, 9.17) is 5.11 Å². The predicted molar refractivity (Wildman–Crippen MR) is 64.0 cm³/mol. The predicted octanol–water partition coefficient (Wildman–Crippen LogP) is 2.53. The third kappa shape index (κ3) is 1.79. The van der Waals surface area contributed by atoms with Crippen molar-refractivity contribution in [2.75, 3.05) is 0 Å². The number of rotatable bonds is 3. The standard InChI is InChI=1S/C13H14N2O2/c16-13(17)10-4-5-12-11(6-10)14-8-15(12)7-9-2-1-3-9/h4-6,8-9H,1-3,7H2,(H,16,17). The Kier molecular flexibility index (Phi) is 2.35. The summed E-state index contributed by atoms with van der Waals surface area (Å²) in [6.07, 6.45) is 5.74. The largest absolute Gasteiger partial charge is 0.478 e. The number of imidazole rings is 1. The van der Waals surface area contributed by atoms with Crippen LogP contribution in [0, 0.1) is 5.92 Å². The maximum absolute atomic E-state index is 10.9. The fourth-order valence-corrected chi connectivity index (χ4v) is 2.30. The van der Waals surface area contributed by atoms with Gasteiger partial charge < -0.3 is 9.67 Å². The van der Waals surface area contributed by atoms with Crippen LogP contribution in [0.2, 0.25) is 0 Å². The number of hydrogen-bond acceptors (Lipinski definition) is 2. The summed E-state index contributed by atoms with van der Waals surface area (Å²) < 4.78 is 2.13. The molecule has 17 heavy (non-hydrogen) atoms. The van der Waals surface area contributed by atoms with Gasteiger partial charge in [0.15, 0.2) is 0 Å². The van der Waals surface area contributed by atoms with Crippen molar-refractivity contribution in [1.82, 2.24) is 9.55 Å². The Labute approximate surface area is 98.9 Å². The minimum Gasteiger partial charge on any atom is -0.478 e. The Morgan fingerprint density at radius 1 is 1.47 bits per heavy atom. The van der Waals surface area contributed by atoms with Gasteiger partial charge >= 0.3 is 5.97 Å². The van der Waals surface area contributed by atoms with Crippen LogP contribution < -0.4 is 0 Å². The van der Waals surface area contributed by atoms with Gasteiger partial charge in [-0.15, -0.1) is 0 Å². The van der Waals surface area contributed by atoms with Gasteiger partial charge in [0.1, 0.15) is 0 Å². The van der Waals surface area contributed by atoms with E-state index < -0.39 is 5.97 Å². The zero-order chi connectivity index (χ0) is 11.8. The van der Waals surface area contributed by atoms with E-state index in [1.54, 1.807) is 12.1 Å². The van der Waals surface area contributed by atoms with Crippen molar-refractivity contribution < 1.29 is 9.90 Å². The number of carboxylic acids is 1. The molecule has 0 unspecified atom stereocenters. The molecule has 1 aromatic heterocycles. The number of carbonyl (C=O) groups is 1. The van der Waals surface area contributed by atoms with Gasteiger partial charge in [-0.25, -0.2) is 9.78 Å². The number of aromatic nitrogens is 2. The van der Waals surface area contributed by atoms with Crippen molar-refractivity contribution in [2.24, 2.45) is 5.92 Å². The molecule has 0 amide bonds. The van der Waals surface area contributed by atoms with Crippen LogP contribution in [0.1, 0.15) is 29.6 Å². The first-order valence-corrected chi connectivity index (χ1v) is 5.92. The van der Waals surface area contributed by atoms with Crippen molar-refractivity contribution in [1.29, 1.82) is 0 Å². The smallest absolute Gasteiger partial charge is 0.335 e. The van der Waals surface area contributed by atoms with E-state index in [-0.39, 0.29) is 0 Å². The fraction of sp³-hybridized carbons (Fsp3) is 0.385. The van der Waals surface area contributed by atoms with E-state index >= 15 is 0 Å². The SMILES string of the molecule is O=C(O)c1ccc2c(c1)ncn2CC1CCC1. The van der Waals surface area contributed by atoms with E-state index in [0.29, 0.717) is 5.56 Å². The highest BCUT2D eigenvalue weighted by Gasteiger charge is 2.18. The van der Waals surface area contributed by atoms with Crippen LogP contribution in [0.3, 0.4) is 0 Å². The van der Waals surface area contributed by atoms with Crippen LogP contribution in [0.15, 0.2) is 24.5 Å². The van der Waals surface area contributed by atoms with Gasteiger partial charge in [0.05, 0.1) is 22.9 Å². The summed E-state index contributed by atoms with van der Waals surface area (Å²) >= 11 is 0. The second kappa shape index (κ2) is 3.87. The molecule has 0 spiro atoms. The van der Waals surface area contributed by atoms with E-state index in [2.05, 4.69) is 9.55 Å². The summed E-state index contributed by atoms with van der Waals surface area (Å²) in [6, 6.07) is 5.13. The van der Waals surface area contributed by atoms with E-state index in [0.717, 1.165) is 23.5 Å². The van der Waals surface area contributed by atoms with Crippen molar-refractivity contribution in [3.8, 4) is 0 Å². The first kappa shape index (κ1) is 10.3. The molecular weight excluding hydrogens is 216 g/mol. The van der Waals surface area contributed by atoms with Gasteiger partial charge in [-0.05, 0) is 37.0 Å². The third-order valence-electron chi connectivity index (χ3n) is 3.55. The highest BCUT2D eigenvalue weighted by atomic mass is 16.4. The average Bonchev–Trinajstić information content (AvgIpc) is 2.65. The Morgan fingerprint density at radius 3 is 2.94 bits per heavy atom. The second-order valence-corrected chi connectivity index (χ2v) is 4.70. The molecule has 1 N–H and O–H groups in total. The molecular formula is C13H14N2O2. The van der Waals surface area contributed by atoms with E-state index in [1.807, 2.05) is 12.4 Å². The molecule has 1 aliphatic carbocycles. The number of nitrogens with zero attached hydrogens (tertiary/aromatic N) is 2. The van der Waals surface area contributed by atoms with Gasteiger partial charge in [0, 0.05) is 6.54 Å². The lowest BCUT2D eigenvalue weighted by atomic mass is 9.85. The summed E-state index contributed by atoms with van der Waals surface area (Å²) in [7, 11) is 0. The van der Waals surface area contributed by atoms with Crippen LogP contribution in [0.5, 0.6) is 0 Å². The summed E-state index contributed by atoms with van der Waals surface area (Å²) in [5.74, 6) is -0.132. The van der Waals surface area contributed by atoms with Gasteiger partial charge in [-0.1, -0.05) is 6.42 Å². The molecule has 0 aliphatic heterocycles. The molecule has 88 valence electrons. The summed E-state index contributed by atoms with van der Waals surface area (Å²) in [4.78, 5) is 15.1. The molecule has 1 saturated carbocycles. The third-order valence-corrected chi connectivity index (χ3v) is 3.55. The summed E-state index contributed by atoms with van der Waals surface area (Å²) in [6.45, 7) is 1.00. The van der Waals surface area contributed by atoms with Gasteiger partial charge in [-0.3, -0.25) is 0 Å². The van der Waals surface area contributed by atoms with Crippen LogP contribution in [0.4, 0.5) is 0 Å². The molecule has 0 atom stereocenters. The van der Waals surface area contributed by atoms with E-state index in [1.165, 1.54) is 19.3 Å². The quantitative estimate of drug-likeness (QED) is 0.881. The molecule has 1 aromatic carbocycles. The zero-order valence-electron chi connectivity index (χ0n) is 9.47. The first-order valence-electron chi connectivity index (χ1n) is 5.92. The lowest BCUT2D eigenvalue weighted by Crippen LogP contribution is -2.17. The summed E-state index contributed by atoms with van der Waals surface area (Å²) in [5.41, 5.74) is 2.09. The molecule has 0 saturated heterocycles. The monoisotopic (exact) mass is 230 g/mol. The Hall–Kier alpha value is -1.84. The maximum Gasteiger partial charge on any atom is 0.335 e. The lowest BCUT2D eigenvalue weighted by molar-refractivity contribution is 0.0697. The van der Waals surface area contributed by atoms with Gasteiger partial charge in [0.2, 0.25) is 0 Å². The zero-order valence-corrected chi connectivity index (χ0v) is 9.47. The minimum absolute atomic E-state index is 0.298. The molecule has 4 nitrogen and oxygen atoms in total. The summed E-state index contributed by atoms with van der Waals surface area (Å²) in [5, 5.41) is 8.91. The maximum atomic E-state index is 10.9. The number of hydrogen-bond donors (Lipinski definition) is 1. The molecule has 1 heterocycles. The van der Waals surface area contributed by atoms with Crippen molar-refractivity contribution in [2.45, 2.75) is 25.8 Å². The first-order chi connectivity index (χ1) is 8.24. The Balaban J connectivity index is 1.95. The molecule has 4 heteroatoms. The molecule has 0 bridgehead atoms. The molecule has 2 aromatic rings. The van der Waals surface area contributed by atoms with Crippen molar-refractivity contribution >= 4 is 17.0 Å². The molecule has 3 rings (SSSR count). The molecule has 1 fully saturated rings. The van der Waals surface area contributed by atoms with Crippen LogP contribution in [0.25, 0.3) is 11.0 Å². The number of benzene rings is 1. The normalized spacial score (nSPS) is 16.0. The number of aromatic carboxylic acids is 1. The van der Waals surface area contributed by atoms with E-state index in [9.17, 15) is 4.79 Å². The average molecular weight is 230 g/mol. The second-order valence-electron chi connectivity index (χ2n) is 4.70. The fourth-order valence-electron chi connectivity index (χ4n) is 2.30.